The lowest BCUT2D eigenvalue weighted by Gasteiger charge is -2.07. The van der Waals surface area contributed by atoms with E-state index in [-0.39, 0.29) is 0 Å². The second-order valence-corrected chi connectivity index (χ2v) is 5.88. The maximum Gasteiger partial charge on any atom is 0.218 e. The van der Waals surface area contributed by atoms with Gasteiger partial charge in [-0.3, -0.25) is 0 Å². The van der Waals surface area contributed by atoms with Gasteiger partial charge in [-0.25, -0.2) is 4.98 Å². The molecule has 2 aromatic rings. The molecule has 0 spiro atoms. The molecule has 1 saturated carbocycles. The SMILES string of the molecule is Clc1cc(OCc2cccc(Br)c2)nc(C2CC2)n1. The van der Waals surface area contributed by atoms with Crippen molar-refractivity contribution in [2.45, 2.75) is 25.4 Å². The molecule has 0 unspecified atom stereocenters. The number of aromatic nitrogens is 2. The minimum atomic E-state index is 0.446. The quantitative estimate of drug-likeness (QED) is 0.777. The Morgan fingerprint density at radius 3 is 2.84 bits per heavy atom. The molecular formula is C14H12BrClN2O. The number of benzene rings is 1. The second kappa shape index (κ2) is 5.47. The molecule has 3 nitrogen and oxygen atoms in total. The van der Waals surface area contributed by atoms with Crippen molar-refractivity contribution in [1.29, 1.82) is 0 Å². The minimum Gasteiger partial charge on any atom is -0.473 e. The van der Waals surface area contributed by atoms with Gasteiger partial charge in [-0.2, -0.15) is 4.98 Å². The Labute approximate surface area is 125 Å². The van der Waals surface area contributed by atoms with Crippen LogP contribution in [0, 0.1) is 0 Å². The van der Waals surface area contributed by atoms with Crippen LogP contribution < -0.4 is 4.74 Å². The second-order valence-electron chi connectivity index (χ2n) is 4.58. The van der Waals surface area contributed by atoms with Crippen molar-refractivity contribution in [2.75, 3.05) is 0 Å². The predicted octanol–water partition coefficient (Wildman–Crippen LogP) is 4.35. The number of ether oxygens (including phenoxy) is 1. The molecule has 1 fully saturated rings. The topological polar surface area (TPSA) is 35.0 Å². The summed E-state index contributed by atoms with van der Waals surface area (Å²) < 4.78 is 6.73. The molecule has 0 aliphatic heterocycles. The molecular weight excluding hydrogens is 328 g/mol. The van der Waals surface area contributed by atoms with Gasteiger partial charge in [0.2, 0.25) is 5.88 Å². The highest BCUT2D eigenvalue weighted by Crippen LogP contribution is 2.39. The number of hydrogen-bond acceptors (Lipinski definition) is 3. The maximum absolute atomic E-state index is 5.99. The lowest BCUT2D eigenvalue weighted by molar-refractivity contribution is 0.292. The Hall–Kier alpha value is -1.13. The van der Waals surface area contributed by atoms with Crippen LogP contribution >= 0.6 is 27.5 Å². The maximum atomic E-state index is 5.99. The highest BCUT2D eigenvalue weighted by molar-refractivity contribution is 9.10. The monoisotopic (exact) mass is 338 g/mol. The average Bonchev–Trinajstić information content (AvgIpc) is 3.20. The van der Waals surface area contributed by atoms with E-state index < -0.39 is 0 Å². The minimum absolute atomic E-state index is 0.446. The van der Waals surface area contributed by atoms with Gasteiger partial charge in [0.15, 0.2) is 0 Å². The summed E-state index contributed by atoms with van der Waals surface area (Å²) in [6.07, 6.45) is 2.29. The van der Waals surface area contributed by atoms with Crippen molar-refractivity contribution in [2.24, 2.45) is 0 Å². The number of hydrogen-bond donors (Lipinski definition) is 0. The van der Waals surface area contributed by atoms with Crippen LogP contribution in [-0.4, -0.2) is 9.97 Å². The third kappa shape index (κ3) is 3.45. The molecule has 1 aromatic carbocycles. The van der Waals surface area contributed by atoms with Crippen LogP contribution in [0.25, 0.3) is 0 Å². The van der Waals surface area contributed by atoms with Crippen molar-refractivity contribution in [3.8, 4) is 5.88 Å². The van der Waals surface area contributed by atoms with E-state index in [1.807, 2.05) is 24.3 Å². The van der Waals surface area contributed by atoms with Crippen molar-refractivity contribution in [3.05, 3.63) is 51.3 Å². The van der Waals surface area contributed by atoms with Crippen molar-refractivity contribution >= 4 is 27.5 Å². The van der Waals surface area contributed by atoms with Crippen molar-refractivity contribution in [1.82, 2.24) is 9.97 Å². The van der Waals surface area contributed by atoms with Gasteiger partial charge in [0.25, 0.3) is 0 Å². The van der Waals surface area contributed by atoms with Gasteiger partial charge < -0.3 is 4.74 Å². The van der Waals surface area contributed by atoms with E-state index >= 15 is 0 Å². The smallest absolute Gasteiger partial charge is 0.218 e. The van der Waals surface area contributed by atoms with Crippen LogP contribution in [-0.2, 0) is 6.61 Å². The number of halogens is 2. The Kier molecular flexibility index (Phi) is 3.71. The first-order valence-electron chi connectivity index (χ1n) is 6.12. The van der Waals surface area contributed by atoms with Gasteiger partial charge in [0, 0.05) is 16.5 Å². The van der Waals surface area contributed by atoms with E-state index in [1.54, 1.807) is 6.07 Å². The molecule has 98 valence electrons. The molecule has 0 radical (unpaired) electrons. The summed E-state index contributed by atoms with van der Waals surface area (Å²) in [5.41, 5.74) is 1.08. The van der Waals surface area contributed by atoms with Gasteiger partial charge in [0.1, 0.15) is 17.6 Å². The lowest BCUT2D eigenvalue weighted by Crippen LogP contribution is -2.01. The zero-order valence-corrected chi connectivity index (χ0v) is 12.5. The standard InChI is InChI=1S/C14H12BrClN2O/c15-11-3-1-2-9(6-11)8-19-13-7-12(16)17-14(18-13)10-4-5-10/h1-3,6-7,10H,4-5,8H2. The fourth-order valence-electron chi connectivity index (χ4n) is 1.80. The van der Waals surface area contributed by atoms with Crippen LogP contribution in [0.5, 0.6) is 5.88 Å². The zero-order valence-electron chi connectivity index (χ0n) is 10.1. The van der Waals surface area contributed by atoms with E-state index in [0.717, 1.165) is 28.7 Å². The van der Waals surface area contributed by atoms with Gasteiger partial charge >= 0.3 is 0 Å². The van der Waals surface area contributed by atoms with Crippen molar-refractivity contribution in [3.63, 3.8) is 0 Å². The van der Waals surface area contributed by atoms with Gasteiger partial charge in [0.05, 0.1) is 0 Å². The van der Waals surface area contributed by atoms with E-state index in [0.29, 0.717) is 23.6 Å². The summed E-state index contributed by atoms with van der Waals surface area (Å²) >= 11 is 9.43. The van der Waals surface area contributed by atoms with Crippen molar-refractivity contribution < 1.29 is 4.74 Å². The summed E-state index contributed by atoms with van der Waals surface area (Å²) in [4.78, 5) is 8.64. The van der Waals surface area contributed by atoms with E-state index in [4.69, 9.17) is 16.3 Å². The number of rotatable bonds is 4. The highest BCUT2D eigenvalue weighted by Gasteiger charge is 2.27. The van der Waals surface area contributed by atoms with Crippen LogP contribution in [0.3, 0.4) is 0 Å². The predicted molar refractivity (Wildman–Crippen MR) is 77.5 cm³/mol. The summed E-state index contributed by atoms with van der Waals surface area (Å²) in [5.74, 6) is 1.81. The Morgan fingerprint density at radius 2 is 2.11 bits per heavy atom. The average molecular weight is 340 g/mol. The normalized spacial score (nSPS) is 14.4. The summed E-state index contributed by atoms with van der Waals surface area (Å²) in [6.45, 7) is 0.469. The molecule has 1 aliphatic carbocycles. The molecule has 5 heteroatoms. The first-order valence-corrected chi connectivity index (χ1v) is 7.29. The Bertz CT molecular complexity index is 602. The van der Waals surface area contributed by atoms with Crippen LogP contribution in [0.1, 0.15) is 30.1 Å². The fourth-order valence-corrected chi connectivity index (χ4v) is 2.42. The fraction of sp³-hybridized carbons (Fsp3) is 0.286. The first kappa shape index (κ1) is 12.9. The molecule has 0 saturated heterocycles. The molecule has 1 aromatic heterocycles. The molecule has 1 heterocycles. The van der Waals surface area contributed by atoms with E-state index in [1.165, 1.54) is 0 Å². The molecule has 0 N–H and O–H groups in total. The summed E-state index contributed by atoms with van der Waals surface area (Å²) in [7, 11) is 0. The molecule has 19 heavy (non-hydrogen) atoms. The lowest BCUT2D eigenvalue weighted by atomic mass is 10.2. The van der Waals surface area contributed by atoms with E-state index in [2.05, 4.69) is 25.9 Å². The number of nitrogens with zero attached hydrogens (tertiary/aromatic N) is 2. The van der Waals surface area contributed by atoms with E-state index in [9.17, 15) is 0 Å². The van der Waals surface area contributed by atoms with Crippen LogP contribution in [0.4, 0.5) is 0 Å². The molecule has 0 bridgehead atoms. The summed E-state index contributed by atoms with van der Waals surface area (Å²) in [5, 5.41) is 0.446. The van der Waals surface area contributed by atoms with Gasteiger partial charge in [-0.05, 0) is 30.5 Å². The largest absolute Gasteiger partial charge is 0.473 e. The molecule has 1 aliphatic rings. The third-order valence-electron chi connectivity index (χ3n) is 2.91. The third-order valence-corrected chi connectivity index (χ3v) is 3.59. The van der Waals surface area contributed by atoms with Crippen LogP contribution in [0.2, 0.25) is 5.15 Å². The molecule has 3 rings (SSSR count). The first-order chi connectivity index (χ1) is 9.20. The zero-order chi connectivity index (χ0) is 13.2. The Balaban J connectivity index is 1.72. The Morgan fingerprint density at radius 1 is 1.26 bits per heavy atom. The van der Waals surface area contributed by atoms with Gasteiger partial charge in [-0.15, -0.1) is 0 Å². The molecule has 0 atom stereocenters. The highest BCUT2D eigenvalue weighted by atomic mass is 79.9. The van der Waals surface area contributed by atoms with Gasteiger partial charge in [-0.1, -0.05) is 39.7 Å². The van der Waals surface area contributed by atoms with Crippen LogP contribution in [0.15, 0.2) is 34.8 Å². The molecule has 0 amide bonds. The summed E-state index contributed by atoms with van der Waals surface area (Å²) in [6, 6.07) is 9.65.